The van der Waals surface area contributed by atoms with Crippen LogP contribution in [0.4, 0.5) is 0 Å². The van der Waals surface area contributed by atoms with Crippen LogP contribution in [0.5, 0.6) is 11.5 Å². The van der Waals surface area contributed by atoms with Gasteiger partial charge in [0.05, 0.1) is 19.8 Å². The van der Waals surface area contributed by atoms with Gasteiger partial charge in [-0.1, -0.05) is 6.07 Å². The van der Waals surface area contributed by atoms with Gasteiger partial charge in [0, 0.05) is 6.54 Å². The summed E-state index contributed by atoms with van der Waals surface area (Å²) >= 11 is 0. The molecule has 0 aliphatic carbocycles. The molecule has 1 aromatic carbocycles. The van der Waals surface area contributed by atoms with Crippen LogP contribution in [0.15, 0.2) is 18.2 Å². The van der Waals surface area contributed by atoms with Crippen molar-refractivity contribution in [3.63, 3.8) is 0 Å². The van der Waals surface area contributed by atoms with Crippen molar-refractivity contribution < 1.29 is 14.2 Å². The van der Waals surface area contributed by atoms with Crippen LogP contribution in [-0.4, -0.2) is 26.4 Å². The highest BCUT2D eigenvalue weighted by atomic mass is 16.5. The lowest BCUT2D eigenvalue weighted by Gasteiger charge is -2.13. The summed E-state index contributed by atoms with van der Waals surface area (Å²) in [5, 5.41) is 0. The minimum Gasteiger partial charge on any atom is -0.493 e. The molecule has 96 valence electrons. The van der Waals surface area contributed by atoms with Crippen LogP contribution in [0.1, 0.15) is 19.4 Å². The highest BCUT2D eigenvalue weighted by Crippen LogP contribution is 2.27. The van der Waals surface area contributed by atoms with E-state index in [1.165, 1.54) is 0 Å². The van der Waals surface area contributed by atoms with Crippen molar-refractivity contribution in [2.45, 2.75) is 26.5 Å². The summed E-state index contributed by atoms with van der Waals surface area (Å²) in [6.07, 6.45) is 0.218. The number of methoxy groups -OCH3 is 1. The Kier molecular flexibility index (Phi) is 5.80. The third-order valence-corrected chi connectivity index (χ3v) is 2.26. The van der Waals surface area contributed by atoms with Crippen molar-refractivity contribution in [3.05, 3.63) is 23.8 Å². The van der Waals surface area contributed by atoms with E-state index < -0.39 is 0 Å². The molecule has 0 saturated heterocycles. The first kappa shape index (κ1) is 13.8. The molecule has 0 spiro atoms. The van der Waals surface area contributed by atoms with Gasteiger partial charge in [0.1, 0.15) is 6.61 Å². The quantitative estimate of drug-likeness (QED) is 0.739. The number of rotatable bonds is 7. The summed E-state index contributed by atoms with van der Waals surface area (Å²) in [5.74, 6) is 1.43. The summed E-state index contributed by atoms with van der Waals surface area (Å²) < 4.78 is 16.2. The Morgan fingerprint density at radius 1 is 1.18 bits per heavy atom. The Hall–Kier alpha value is -1.26. The first-order valence-electron chi connectivity index (χ1n) is 5.78. The van der Waals surface area contributed by atoms with Gasteiger partial charge in [-0.3, -0.25) is 0 Å². The first-order valence-corrected chi connectivity index (χ1v) is 5.78. The van der Waals surface area contributed by atoms with Gasteiger partial charge in [-0.25, -0.2) is 0 Å². The molecular weight excluding hydrogens is 218 g/mol. The third-order valence-electron chi connectivity index (χ3n) is 2.26. The summed E-state index contributed by atoms with van der Waals surface area (Å²) in [4.78, 5) is 0. The van der Waals surface area contributed by atoms with Gasteiger partial charge in [-0.15, -0.1) is 0 Å². The highest BCUT2D eigenvalue weighted by molar-refractivity contribution is 5.42. The van der Waals surface area contributed by atoms with E-state index in [0.29, 0.717) is 31.3 Å². The third kappa shape index (κ3) is 4.63. The first-order chi connectivity index (χ1) is 8.17. The van der Waals surface area contributed by atoms with Gasteiger partial charge in [0.2, 0.25) is 0 Å². The summed E-state index contributed by atoms with van der Waals surface area (Å²) in [7, 11) is 1.62. The Morgan fingerprint density at radius 3 is 2.53 bits per heavy atom. The van der Waals surface area contributed by atoms with Crippen molar-refractivity contribution in [3.8, 4) is 11.5 Å². The number of ether oxygens (including phenoxy) is 3. The molecule has 0 aliphatic heterocycles. The topological polar surface area (TPSA) is 53.7 Å². The number of nitrogens with two attached hydrogens (primary N) is 1. The van der Waals surface area contributed by atoms with Crippen LogP contribution in [0.3, 0.4) is 0 Å². The van der Waals surface area contributed by atoms with E-state index in [1.54, 1.807) is 7.11 Å². The maximum atomic E-state index is 5.62. The summed E-state index contributed by atoms with van der Waals surface area (Å²) in [5.41, 5.74) is 6.60. The molecule has 0 aliphatic rings. The summed E-state index contributed by atoms with van der Waals surface area (Å²) in [6, 6.07) is 5.69. The van der Waals surface area contributed by atoms with Crippen LogP contribution in [-0.2, 0) is 11.3 Å². The van der Waals surface area contributed by atoms with E-state index in [0.717, 1.165) is 5.56 Å². The van der Waals surface area contributed by atoms with E-state index in [4.69, 9.17) is 19.9 Å². The monoisotopic (exact) mass is 239 g/mol. The molecule has 0 radical (unpaired) electrons. The zero-order valence-electron chi connectivity index (χ0n) is 10.7. The van der Waals surface area contributed by atoms with Crippen LogP contribution in [0, 0.1) is 0 Å². The van der Waals surface area contributed by atoms with Gasteiger partial charge in [-0.05, 0) is 31.5 Å². The minimum atomic E-state index is 0.218. The van der Waals surface area contributed by atoms with E-state index in [1.807, 2.05) is 32.0 Å². The molecular formula is C13H21NO3. The molecule has 0 fully saturated rings. The number of hydrogen-bond donors (Lipinski definition) is 1. The average molecular weight is 239 g/mol. The maximum Gasteiger partial charge on any atom is 0.161 e. The molecule has 1 aromatic rings. The van der Waals surface area contributed by atoms with Gasteiger partial charge in [0.15, 0.2) is 11.5 Å². The molecule has 4 nitrogen and oxygen atoms in total. The standard InChI is InChI=1S/C13H21NO3/c1-10(2)16-6-7-17-13-8-11(9-14)4-5-12(13)15-3/h4-5,8,10H,6-7,9,14H2,1-3H3. The lowest BCUT2D eigenvalue weighted by Crippen LogP contribution is -2.11. The van der Waals surface area contributed by atoms with Crippen molar-refractivity contribution in [2.75, 3.05) is 20.3 Å². The van der Waals surface area contributed by atoms with Gasteiger partial charge in [-0.2, -0.15) is 0 Å². The van der Waals surface area contributed by atoms with Crippen molar-refractivity contribution in [2.24, 2.45) is 5.73 Å². The molecule has 0 unspecified atom stereocenters. The molecule has 0 heterocycles. The molecule has 2 N–H and O–H groups in total. The molecule has 0 atom stereocenters. The molecule has 4 heteroatoms. The van der Waals surface area contributed by atoms with Gasteiger partial charge in [0.25, 0.3) is 0 Å². The molecule has 0 aromatic heterocycles. The maximum absolute atomic E-state index is 5.62. The average Bonchev–Trinajstić information content (AvgIpc) is 2.34. The largest absolute Gasteiger partial charge is 0.493 e. The van der Waals surface area contributed by atoms with Gasteiger partial charge >= 0.3 is 0 Å². The van der Waals surface area contributed by atoms with E-state index in [-0.39, 0.29) is 6.10 Å². The minimum absolute atomic E-state index is 0.218. The molecule has 0 saturated carbocycles. The van der Waals surface area contributed by atoms with E-state index >= 15 is 0 Å². The fraction of sp³-hybridized carbons (Fsp3) is 0.538. The Labute approximate surface area is 103 Å². The predicted molar refractivity (Wildman–Crippen MR) is 67.5 cm³/mol. The Morgan fingerprint density at radius 2 is 1.94 bits per heavy atom. The van der Waals surface area contributed by atoms with Crippen LogP contribution < -0.4 is 15.2 Å². The molecule has 0 bridgehead atoms. The Balaban J connectivity index is 2.55. The molecule has 17 heavy (non-hydrogen) atoms. The van der Waals surface area contributed by atoms with Crippen LogP contribution in [0.25, 0.3) is 0 Å². The highest BCUT2D eigenvalue weighted by Gasteiger charge is 2.05. The zero-order chi connectivity index (χ0) is 12.7. The number of benzene rings is 1. The second-order valence-electron chi connectivity index (χ2n) is 3.96. The SMILES string of the molecule is COc1ccc(CN)cc1OCCOC(C)C. The summed E-state index contributed by atoms with van der Waals surface area (Å²) in [6.45, 7) is 5.55. The molecule has 0 amide bonds. The van der Waals surface area contributed by atoms with E-state index in [2.05, 4.69) is 0 Å². The second kappa shape index (κ2) is 7.14. The lowest BCUT2D eigenvalue weighted by molar-refractivity contribution is 0.0546. The lowest BCUT2D eigenvalue weighted by atomic mass is 10.2. The predicted octanol–water partition coefficient (Wildman–Crippen LogP) is 1.96. The zero-order valence-corrected chi connectivity index (χ0v) is 10.7. The molecule has 1 rings (SSSR count). The van der Waals surface area contributed by atoms with Crippen LogP contribution in [0.2, 0.25) is 0 Å². The van der Waals surface area contributed by atoms with Crippen LogP contribution >= 0.6 is 0 Å². The van der Waals surface area contributed by atoms with Crippen molar-refractivity contribution in [1.82, 2.24) is 0 Å². The number of hydrogen-bond acceptors (Lipinski definition) is 4. The fourth-order valence-corrected chi connectivity index (χ4v) is 1.40. The van der Waals surface area contributed by atoms with Crippen molar-refractivity contribution >= 4 is 0 Å². The normalized spacial score (nSPS) is 10.6. The fourth-order valence-electron chi connectivity index (χ4n) is 1.40. The second-order valence-corrected chi connectivity index (χ2v) is 3.96. The van der Waals surface area contributed by atoms with Crippen molar-refractivity contribution in [1.29, 1.82) is 0 Å². The van der Waals surface area contributed by atoms with Gasteiger partial charge < -0.3 is 19.9 Å². The van der Waals surface area contributed by atoms with E-state index in [9.17, 15) is 0 Å². The smallest absolute Gasteiger partial charge is 0.161 e. The Bertz CT molecular complexity index is 339.